The summed E-state index contributed by atoms with van der Waals surface area (Å²) in [5.74, 6) is -0.207. The lowest BCUT2D eigenvalue weighted by molar-refractivity contribution is 0.0924. The van der Waals surface area contributed by atoms with E-state index in [9.17, 15) is 9.90 Å². The molecule has 0 saturated carbocycles. The first-order chi connectivity index (χ1) is 10.6. The predicted octanol–water partition coefficient (Wildman–Crippen LogP) is 2.61. The van der Waals surface area contributed by atoms with E-state index in [0.717, 1.165) is 22.2 Å². The number of carbonyl (C=O) groups is 1. The zero-order chi connectivity index (χ0) is 15.5. The van der Waals surface area contributed by atoms with Gasteiger partial charge < -0.3 is 14.8 Å². The van der Waals surface area contributed by atoms with Gasteiger partial charge in [0, 0.05) is 29.3 Å². The van der Waals surface area contributed by atoms with Crippen molar-refractivity contribution < 1.29 is 14.3 Å². The summed E-state index contributed by atoms with van der Waals surface area (Å²) in [7, 11) is 0. The van der Waals surface area contributed by atoms with Gasteiger partial charge in [0.15, 0.2) is 0 Å². The quantitative estimate of drug-likeness (QED) is 0.776. The second-order valence-electron chi connectivity index (χ2n) is 5.13. The first-order valence-electron chi connectivity index (χ1n) is 7.04. The van der Waals surface area contributed by atoms with Crippen LogP contribution in [0.25, 0.3) is 22.2 Å². The minimum absolute atomic E-state index is 0.207. The Hall–Kier alpha value is -2.66. The molecule has 0 aliphatic heterocycles. The molecular weight excluding hydrogens is 280 g/mol. The zero-order valence-electron chi connectivity index (χ0n) is 12.1. The van der Waals surface area contributed by atoms with Crippen molar-refractivity contribution in [1.82, 2.24) is 10.3 Å². The molecule has 2 N–H and O–H groups in total. The van der Waals surface area contributed by atoms with E-state index in [2.05, 4.69) is 10.3 Å². The molecule has 0 spiro atoms. The summed E-state index contributed by atoms with van der Waals surface area (Å²) in [5, 5.41) is 12.8. The summed E-state index contributed by atoms with van der Waals surface area (Å²) >= 11 is 0. The minimum Gasteiger partial charge on any atom is -0.464 e. The summed E-state index contributed by atoms with van der Waals surface area (Å²) in [5.41, 5.74) is 3.06. The van der Waals surface area contributed by atoms with Gasteiger partial charge >= 0.3 is 0 Å². The Morgan fingerprint density at radius 1 is 1.27 bits per heavy atom. The Balaban J connectivity index is 1.85. The van der Waals surface area contributed by atoms with E-state index in [-0.39, 0.29) is 12.5 Å². The number of hydrogen-bond acceptors (Lipinski definition) is 4. The standard InChI is InChI=1S/C17H16N2O3/c1-11(20)10-19-17(21)13-4-2-12(3-5-13)16-14-7-9-22-15(14)6-8-18-16/h2-9,11,20H,10H2,1H3,(H,19,21). The minimum atomic E-state index is -0.564. The molecule has 2 heterocycles. The molecule has 112 valence electrons. The predicted molar refractivity (Wildman–Crippen MR) is 83.5 cm³/mol. The molecule has 0 fully saturated rings. The van der Waals surface area contributed by atoms with E-state index in [1.165, 1.54) is 0 Å². The molecule has 5 heteroatoms. The van der Waals surface area contributed by atoms with Crippen molar-refractivity contribution in [2.75, 3.05) is 6.54 Å². The molecule has 22 heavy (non-hydrogen) atoms. The highest BCUT2D eigenvalue weighted by atomic mass is 16.3. The van der Waals surface area contributed by atoms with Crippen molar-refractivity contribution in [2.24, 2.45) is 0 Å². The normalized spacial score (nSPS) is 12.3. The van der Waals surface area contributed by atoms with Gasteiger partial charge in [-0.05, 0) is 31.2 Å². The number of rotatable bonds is 4. The van der Waals surface area contributed by atoms with Gasteiger partial charge in [-0.1, -0.05) is 12.1 Å². The number of hydrogen-bond donors (Lipinski definition) is 2. The van der Waals surface area contributed by atoms with Gasteiger partial charge in [0.1, 0.15) is 5.58 Å². The molecule has 5 nitrogen and oxygen atoms in total. The highest BCUT2D eigenvalue weighted by Crippen LogP contribution is 2.27. The number of amides is 1. The summed E-state index contributed by atoms with van der Waals surface area (Å²) < 4.78 is 5.37. The summed E-state index contributed by atoms with van der Waals surface area (Å²) in [6.07, 6.45) is 2.77. The molecule has 3 rings (SSSR count). The molecule has 0 saturated heterocycles. The molecule has 0 aliphatic carbocycles. The van der Waals surface area contributed by atoms with Gasteiger partial charge in [0.25, 0.3) is 5.91 Å². The van der Waals surface area contributed by atoms with Crippen LogP contribution in [-0.2, 0) is 0 Å². The van der Waals surface area contributed by atoms with Gasteiger partial charge in [0.2, 0.25) is 0 Å². The maximum absolute atomic E-state index is 11.9. The Morgan fingerprint density at radius 3 is 2.77 bits per heavy atom. The van der Waals surface area contributed by atoms with E-state index in [4.69, 9.17) is 4.42 Å². The lowest BCUT2D eigenvalue weighted by atomic mass is 10.1. The van der Waals surface area contributed by atoms with Crippen LogP contribution < -0.4 is 5.32 Å². The monoisotopic (exact) mass is 296 g/mol. The molecule has 1 aromatic carbocycles. The first-order valence-corrected chi connectivity index (χ1v) is 7.04. The fourth-order valence-corrected chi connectivity index (χ4v) is 2.25. The van der Waals surface area contributed by atoms with Gasteiger partial charge in [-0.15, -0.1) is 0 Å². The maximum atomic E-state index is 11.9. The lowest BCUT2D eigenvalue weighted by Crippen LogP contribution is -2.30. The third-order valence-corrected chi connectivity index (χ3v) is 3.36. The van der Waals surface area contributed by atoms with Crippen LogP contribution in [0.1, 0.15) is 17.3 Å². The number of carbonyl (C=O) groups excluding carboxylic acids is 1. The van der Waals surface area contributed by atoms with Crippen LogP contribution in [0.3, 0.4) is 0 Å². The number of nitrogens with one attached hydrogen (secondary N) is 1. The van der Waals surface area contributed by atoms with Crippen molar-refractivity contribution >= 4 is 16.9 Å². The van der Waals surface area contributed by atoms with Crippen LogP contribution >= 0.6 is 0 Å². The van der Waals surface area contributed by atoms with Crippen LogP contribution in [0.15, 0.2) is 53.3 Å². The van der Waals surface area contributed by atoms with Crippen LogP contribution in [0, 0.1) is 0 Å². The van der Waals surface area contributed by atoms with Crippen molar-refractivity contribution in [3.63, 3.8) is 0 Å². The number of fused-ring (bicyclic) bond motifs is 1. The Labute approximate surface area is 127 Å². The van der Waals surface area contributed by atoms with E-state index < -0.39 is 6.10 Å². The van der Waals surface area contributed by atoms with Crippen molar-refractivity contribution in [3.8, 4) is 11.3 Å². The van der Waals surface area contributed by atoms with Gasteiger partial charge in [-0.2, -0.15) is 0 Å². The third kappa shape index (κ3) is 2.84. The maximum Gasteiger partial charge on any atom is 0.251 e. The molecule has 0 aliphatic rings. The van der Waals surface area contributed by atoms with Crippen molar-refractivity contribution in [3.05, 3.63) is 54.4 Å². The zero-order valence-corrected chi connectivity index (χ0v) is 12.1. The molecule has 1 amide bonds. The van der Waals surface area contributed by atoms with Gasteiger partial charge in [-0.25, -0.2) is 0 Å². The second kappa shape index (κ2) is 5.99. The second-order valence-corrected chi connectivity index (χ2v) is 5.13. The average Bonchev–Trinajstić information content (AvgIpc) is 3.01. The molecule has 1 atom stereocenters. The largest absolute Gasteiger partial charge is 0.464 e. The topological polar surface area (TPSA) is 75.4 Å². The van der Waals surface area contributed by atoms with Crippen LogP contribution in [0.5, 0.6) is 0 Å². The van der Waals surface area contributed by atoms with E-state index in [1.807, 2.05) is 24.3 Å². The first kappa shape index (κ1) is 14.3. The molecule has 2 aromatic heterocycles. The average molecular weight is 296 g/mol. The van der Waals surface area contributed by atoms with E-state index >= 15 is 0 Å². The van der Waals surface area contributed by atoms with Crippen LogP contribution in [0.2, 0.25) is 0 Å². The highest BCUT2D eigenvalue weighted by Gasteiger charge is 2.10. The van der Waals surface area contributed by atoms with Crippen molar-refractivity contribution in [2.45, 2.75) is 13.0 Å². The fourth-order valence-electron chi connectivity index (χ4n) is 2.25. The summed E-state index contributed by atoms with van der Waals surface area (Å²) in [6.45, 7) is 1.86. The SMILES string of the molecule is CC(O)CNC(=O)c1ccc(-c2nccc3occc23)cc1. The molecule has 1 unspecified atom stereocenters. The van der Waals surface area contributed by atoms with Gasteiger partial charge in [0.05, 0.1) is 18.1 Å². The molecule has 0 bridgehead atoms. The number of aliphatic hydroxyl groups excluding tert-OH is 1. The molecular formula is C17H16N2O3. The Kier molecular flexibility index (Phi) is 3.89. The number of aliphatic hydroxyl groups is 1. The summed E-state index contributed by atoms with van der Waals surface area (Å²) in [4.78, 5) is 16.3. The number of nitrogens with zero attached hydrogens (tertiary/aromatic N) is 1. The van der Waals surface area contributed by atoms with Gasteiger partial charge in [-0.3, -0.25) is 9.78 Å². The van der Waals surface area contributed by atoms with E-state index in [1.54, 1.807) is 31.5 Å². The highest BCUT2D eigenvalue weighted by molar-refractivity contribution is 5.96. The number of furan rings is 1. The lowest BCUT2D eigenvalue weighted by Gasteiger charge is -2.08. The van der Waals surface area contributed by atoms with Crippen LogP contribution in [0.4, 0.5) is 0 Å². The summed E-state index contributed by atoms with van der Waals surface area (Å²) in [6, 6.07) is 10.9. The smallest absolute Gasteiger partial charge is 0.251 e. The molecule has 3 aromatic rings. The van der Waals surface area contributed by atoms with E-state index in [0.29, 0.717) is 5.56 Å². The fraction of sp³-hybridized carbons (Fsp3) is 0.176. The third-order valence-electron chi connectivity index (χ3n) is 3.36. The molecule has 0 radical (unpaired) electrons. The number of pyridine rings is 1. The number of aromatic nitrogens is 1. The Morgan fingerprint density at radius 2 is 2.05 bits per heavy atom. The number of benzene rings is 1. The van der Waals surface area contributed by atoms with Crippen LogP contribution in [-0.4, -0.2) is 28.6 Å². The Bertz CT molecular complexity index is 791. The van der Waals surface area contributed by atoms with Crippen molar-refractivity contribution in [1.29, 1.82) is 0 Å².